The largest absolute Gasteiger partial charge is 0.355 e. The quantitative estimate of drug-likeness (QED) is 0.484. The lowest BCUT2D eigenvalue weighted by Gasteiger charge is -2.33. The Morgan fingerprint density at radius 3 is 2.36 bits per heavy atom. The fourth-order valence-electron chi connectivity index (χ4n) is 4.56. The molecule has 5 rings (SSSR count). The minimum absolute atomic E-state index is 0.226. The monoisotopic (exact) mass is 437 g/mol. The number of piperidine rings is 1. The third-order valence-corrected chi connectivity index (χ3v) is 6.34. The maximum absolute atomic E-state index is 12.9. The maximum Gasteiger partial charge on any atom is 0.272 e. The number of pyridine rings is 1. The lowest BCUT2D eigenvalue weighted by atomic mass is 9.90. The zero-order valence-corrected chi connectivity index (χ0v) is 18.5. The van der Waals surface area contributed by atoms with Gasteiger partial charge in [-0.15, -0.1) is 10.2 Å². The number of anilines is 1. The number of hydrogen-bond donors (Lipinski definition) is 1. The van der Waals surface area contributed by atoms with Crippen molar-refractivity contribution in [2.75, 3.05) is 18.0 Å². The van der Waals surface area contributed by atoms with Crippen LogP contribution in [0.25, 0.3) is 10.8 Å². The number of carbonyl (C=O) groups excluding carboxylic acids is 1. The molecular weight excluding hydrogens is 410 g/mol. The van der Waals surface area contributed by atoms with Gasteiger partial charge in [0.15, 0.2) is 11.5 Å². The fraction of sp³-hybridized carbons (Fsp3) is 0.259. The van der Waals surface area contributed by atoms with Gasteiger partial charge in [-0.25, -0.2) is 0 Å². The van der Waals surface area contributed by atoms with E-state index in [1.165, 1.54) is 5.56 Å². The number of aromatic nitrogens is 3. The molecule has 2 aromatic carbocycles. The molecule has 1 saturated heterocycles. The number of nitrogens with zero attached hydrogens (tertiary/aromatic N) is 4. The van der Waals surface area contributed by atoms with Crippen molar-refractivity contribution in [2.45, 2.75) is 25.8 Å². The fourth-order valence-corrected chi connectivity index (χ4v) is 4.56. The van der Waals surface area contributed by atoms with Crippen LogP contribution >= 0.6 is 0 Å². The Balaban J connectivity index is 1.30. The van der Waals surface area contributed by atoms with Crippen LogP contribution in [0.2, 0.25) is 0 Å². The van der Waals surface area contributed by atoms with E-state index in [9.17, 15) is 4.79 Å². The summed E-state index contributed by atoms with van der Waals surface area (Å²) in [5, 5.41) is 13.6. The van der Waals surface area contributed by atoms with E-state index in [1.54, 1.807) is 12.4 Å². The first-order chi connectivity index (χ1) is 16.3. The van der Waals surface area contributed by atoms with Crippen molar-refractivity contribution in [3.63, 3.8) is 0 Å². The van der Waals surface area contributed by atoms with Gasteiger partial charge in [0.05, 0.1) is 0 Å². The summed E-state index contributed by atoms with van der Waals surface area (Å²) >= 11 is 0. The second-order valence-corrected chi connectivity index (χ2v) is 8.58. The molecule has 4 aromatic rings. The first-order valence-corrected chi connectivity index (χ1v) is 11.5. The standard InChI is InChI=1S/C27H27N5O/c33-27(29-19-22-9-6-14-28-18-22)25-23-10-4-5-11-24(23)26(31-30-25)32-15-12-21(13-16-32)17-20-7-2-1-3-8-20/h1-11,14,18,21H,12-13,15-17,19H2,(H,29,33). The predicted octanol–water partition coefficient (Wildman–Crippen LogP) is 4.41. The smallest absolute Gasteiger partial charge is 0.272 e. The van der Waals surface area contributed by atoms with Crippen molar-refractivity contribution in [3.8, 4) is 0 Å². The van der Waals surface area contributed by atoms with Crippen LogP contribution in [0.5, 0.6) is 0 Å². The Kier molecular flexibility index (Phi) is 6.24. The molecule has 1 amide bonds. The summed E-state index contributed by atoms with van der Waals surface area (Å²) in [5.41, 5.74) is 2.71. The van der Waals surface area contributed by atoms with Gasteiger partial charge in [0.25, 0.3) is 5.91 Å². The molecule has 6 nitrogen and oxygen atoms in total. The van der Waals surface area contributed by atoms with E-state index >= 15 is 0 Å². The molecule has 0 aliphatic carbocycles. The first-order valence-electron chi connectivity index (χ1n) is 11.5. The number of amides is 1. The van der Waals surface area contributed by atoms with E-state index in [0.29, 0.717) is 18.2 Å². The van der Waals surface area contributed by atoms with E-state index in [-0.39, 0.29) is 5.91 Å². The van der Waals surface area contributed by atoms with Crippen LogP contribution in [-0.2, 0) is 13.0 Å². The van der Waals surface area contributed by atoms with E-state index in [1.807, 2.05) is 36.4 Å². The van der Waals surface area contributed by atoms with E-state index in [0.717, 1.165) is 54.5 Å². The lowest BCUT2D eigenvalue weighted by Crippen LogP contribution is -2.35. The molecule has 1 fully saturated rings. The molecule has 0 atom stereocenters. The van der Waals surface area contributed by atoms with Crippen LogP contribution in [0.15, 0.2) is 79.1 Å². The highest BCUT2D eigenvalue weighted by Gasteiger charge is 2.24. The topological polar surface area (TPSA) is 71.0 Å². The molecule has 166 valence electrons. The van der Waals surface area contributed by atoms with Gasteiger partial charge in [0.2, 0.25) is 0 Å². The number of hydrogen-bond acceptors (Lipinski definition) is 5. The summed E-state index contributed by atoms with van der Waals surface area (Å²) in [6, 6.07) is 22.4. The third-order valence-electron chi connectivity index (χ3n) is 6.34. The van der Waals surface area contributed by atoms with Gasteiger partial charge in [0, 0.05) is 42.8 Å². The van der Waals surface area contributed by atoms with Crippen molar-refractivity contribution in [1.82, 2.24) is 20.5 Å². The van der Waals surface area contributed by atoms with Gasteiger partial charge in [0.1, 0.15) is 0 Å². The summed E-state index contributed by atoms with van der Waals surface area (Å²) in [6.45, 7) is 2.30. The zero-order valence-electron chi connectivity index (χ0n) is 18.5. The first kappa shape index (κ1) is 21.1. The van der Waals surface area contributed by atoms with Gasteiger partial charge < -0.3 is 10.2 Å². The van der Waals surface area contributed by atoms with Crippen molar-refractivity contribution in [2.24, 2.45) is 5.92 Å². The Bertz CT molecular complexity index is 1220. The van der Waals surface area contributed by atoms with Gasteiger partial charge in [-0.2, -0.15) is 0 Å². The number of benzene rings is 2. The summed E-state index contributed by atoms with van der Waals surface area (Å²) in [7, 11) is 0. The molecule has 0 saturated carbocycles. The molecule has 0 spiro atoms. The predicted molar refractivity (Wildman–Crippen MR) is 130 cm³/mol. The minimum Gasteiger partial charge on any atom is -0.355 e. The molecule has 1 aliphatic heterocycles. The van der Waals surface area contributed by atoms with Crippen LogP contribution in [-0.4, -0.2) is 34.2 Å². The average Bonchev–Trinajstić information content (AvgIpc) is 2.88. The second kappa shape index (κ2) is 9.77. The number of carbonyl (C=O) groups is 1. The normalized spacial score (nSPS) is 14.4. The summed E-state index contributed by atoms with van der Waals surface area (Å²) in [4.78, 5) is 19.3. The van der Waals surface area contributed by atoms with Gasteiger partial charge in [-0.05, 0) is 42.4 Å². The maximum atomic E-state index is 12.9. The molecule has 0 bridgehead atoms. The molecule has 33 heavy (non-hydrogen) atoms. The Morgan fingerprint density at radius 2 is 1.61 bits per heavy atom. The zero-order chi connectivity index (χ0) is 22.5. The molecule has 1 aliphatic rings. The Hall–Kier alpha value is -3.80. The van der Waals surface area contributed by atoms with E-state index in [4.69, 9.17) is 0 Å². The molecule has 6 heteroatoms. The summed E-state index contributed by atoms with van der Waals surface area (Å²) < 4.78 is 0. The van der Waals surface area contributed by atoms with Crippen molar-refractivity contribution in [1.29, 1.82) is 0 Å². The molecule has 2 aromatic heterocycles. The summed E-state index contributed by atoms with van der Waals surface area (Å²) in [6.07, 6.45) is 6.83. The van der Waals surface area contributed by atoms with Crippen molar-refractivity contribution in [3.05, 3.63) is 95.9 Å². The van der Waals surface area contributed by atoms with E-state index < -0.39 is 0 Å². The van der Waals surface area contributed by atoms with Crippen LogP contribution < -0.4 is 10.2 Å². The highest BCUT2D eigenvalue weighted by Crippen LogP contribution is 2.30. The average molecular weight is 438 g/mol. The number of fused-ring (bicyclic) bond motifs is 1. The summed E-state index contributed by atoms with van der Waals surface area (Å²) in [5.74, 6) is 1.32. The van der Waals surface area contributed by atoms with Crippen LogP contribution in [0.1, 0.15) is 34.5 Å². The number of nitrogens with one attached hydrogen (secondary N) is 1. The molecule has 3 heterocycles. The van der Waals surface area contributed by atoms with Crippen LogP contribution in [0.3, 0.4) is 0 Å². The van der Waals surface area contributed by atoms with Crippen molar-refractivity contribution < 1.29 is 4.79 Å². The Morgan fingerprint density at radius 1 is 0.879 bits per heavy atom. The van der Waals surface area contributed by atoms with Gasteiger partial charge in [-0.1, -0.05) is 60.7 Å². The third kappa shape index (κ3) is 4.85. The highest BCUT2D eigenvalue weighted by molar-refractivity contribution is 6.07. The highest BCUT2D eigenvalue weighted by atomic mass is 16.1. The van der Waals surface area contributed by atoms with Gasteiger partial charge in [-0.3, -0.25) is 9.78 Å². The van der Waals surface area contributed by atoms with Gasteiger partial charge >= 0.3 is 0 Å². The molecular formula is C27H27N5O. The Labute approximate surface area is 193 Å². The minimum atomic E-state index is -0.226. The van der Waals surface area contributed by atoms with E-state index in [2.05, 4.69) is 55.7 Å². The molecule has 0 unspecified atom stereocenters. The lowest BCUT2D eigenvalue weighted by molar-refractivity contribution is 0.0947. The van der Waals surface area contributed by atoms with Crippen LogP contribution in [0, 0.1) is 5.92 Å². The SMILES string of the molecule is O=C(NCc1cccnc1)c1nnc(N2CCC(Cc3ccccc3)CC2)c2ccccc12. The number of rotatable bonds is 6. The van der Waals surface area contributed by atoms with Crippen LogP contribution in [0.4, 0.5) is 5.82 Å². The molecule has 1 N–H and O–H groups in total. The molecule has 0 radical (unpaired) electrons. The second-order valence-electron chi connectivity index (χ2n) is 8.58. The van der Waals surface area contributed by atoms with Crippen molar-refractivity contribution >= 4 is 22.5 Å².